The number of aromatic nitrogens is 6. The Balaban J connectivity index is 1.66. The smallest absolute Gasteiger partial charge is 0.229 e. The number of benzene rings is 1. The normalized spacial score (nSPS) is 11.6. The average molecular weight is 384 g/mol. The van der Waals surface area contributed by atoms with Gasteiger partial charge in [-0.3, -0.25) is 9.40 Å². The van der Waals surface area contributed by atoms with Gasteiger partial charge in [-0.15, -0.1) is 0 Å². The van der Waals surface area contributed by atoms with E-state index in [2.05, 4.69) is 30.2 Å². The number of fused-ring (bicyclic) bond motifs is 1. The monoisotopic (exact) mass is 384 g/mol. The lowest BCUT2D eigenvalue weighted by Gasteiger charge is -2.07. The maximum Gasteiger partial charge on any atom is 0.229 e. The van der Waals surface area contributed by atoms with Gasteiger partial charge in [-0.1, -0.05) is 0 Å². The summed E-state index contributed by atoms with van der Waals surface area (Å²) in [6, 6.07) is 6.85. The van der Waals surface area contributed by atoms with Gasteiger partial charge < -0.3 is 5.32 Å². The Morgan fingerprint density at radius 3 is 2.44 bits per heavy atom. The van der Waals surface area contributed by atoms with Gasteiger partial charge in [0.25, 0.3) is 0 Å². The summed E-state index contributed by atoms with van der Waals surface area (Å²) in [6.07, 6.45) is 7.96. The molecule has 138 valence electrons. The Kier molecular flexibility index (Phi) is 4.00. The summed E-state index contributed by atoms with van der Waals surface area (Å²) >= 11 is 0. The van der Waals surface area contributed by atoms with E-state index in [1.807, 2.05) is 13.2 Å². The van der Waals surface area contributed by atoms with E-state index >= 15 is 0 Å². The first-order valence-corrected chi connectivity index (χ1v) is 9.81. The lowest BCUT2D eigenvalue weighted by molar-refractivity contribution is 0.607. The molecule has 27 heavy (non-hydrogen) atoms. The molecule has 1 aromatic carbocycles. The zero-order valence-corrected chi connectivity index (χ0v) is 15.3. The van der Waals surface area contributed by atoms with Crippen LogP contribution in [0.5, 0.6) is 0 Å². The number of sulfonamides is 1. The molecule has 0 saturated heterocycles. The summed E-state index contributed by atoms with van der Waals surface area (Å²) in [4.78, 5) is 8.81. The Morgan fingerprint density at radius 1 is 1.00 bits per heavy atom. The van der Waals surface area contributed by atoms with Gasteiger partial charge in [0.15, 0.2) is 5.65 Å². The molecule has 0 unspecified atom stereocenters. The quantitative estimate of drug-likeness (QED) is 0.537. The number of rotatable bonds is 5. The van der Waals surface area contributed by atoms with Gasteiger partial charge >= 0.3 is 0 Å². The topological polar surface area (TPSA) is 120 Å². The second-order valence-corrected chi connectivity index (χ2v) is 7.73. The van der Waals surface area contributed by atoms with Gasteiger partial charge in [-0.2, -0.15) is 15.2 Å². The van der Waals surface area contributed by atoms with Crippen LogP contribution in [0, 0.1) is 0 Å². The molecule has 0 atom stereocenters. The van der Waals surface area contributed by atoms with E-state index in [4.69, 9.17) is 0 Å². The summed E-state index contributed by atoms with van der Waals surface area (Å²) in [5.41, 5.74) is 2.63. The third kappa shape index (κ3) is 3.72. The van der Waals surface area contributed by atoms with Gasteiger partial charge in [0.05, 0.1) is 35.4 Å². The molecule has 0 amide bonds. The third-order valence-electron chi connectivity index (χ3n) is 3.68. The van der Waals surface area contributed by atoms with Gasteiger partial charge in [-0.05, 0) is 24.3 Å². The second-order valence-electron chi connectivity index (χ2n) is 5.98. The number of hydrogen-bond donors (Lipinski definition) is 2. The maximum absolute atomic E-state index is 11.3. The van der Waals surface area contributed by atoms with Crippen molar-refractivity contribution in [3.63, 3.8) is 0 Å². The molecule has 2 N–H and O–H groups in total. The van der Waals surface area contributed by atoms with Crippen LogP contribution in [-0.2, 0) is 17.1 Å². The Labute approximate surface area is 154 Å². The summed E-state index contributed by atoms with van der Waals surface area (Å²) in [5.74, 6) is 0.424. The predicted octanol–water partition coefficient (Wildman–Crippen LogP) is 1.66. The molecular formula is C16H16N8O2S. The highest BCUT2D eigenvalue weighted by atomic mass is 32.2. The Morgan fingerprint density at radius 2 is 1.78 bits per heavy atom. The molecule has 4 aromatic rings. The number of anilines is 3. The van der Waals surface area contributed by atoms with Crippen LogP contribution in [0.3, 0.4) is 0 Å². The fourth-order valence-corrected chi connectivity index (χ4v) is 3.13. The van der Waals surface area contributed by atoms with Gasteiger partial charge in [0.1, 0.15) is 0 Å². The molecule has 0 fully saturated rings. The standard InChI is InChI=1S/C16H16N8O2S/c1-23-10-13(9-18-23)20-16-17-7-11-8-19-24(15(11)21-16)14-5-3-12(4-6-14)22-27(2,25)26/h3-10,22H,1-2H3,(H,17,20,21). The maximum atomic E-state index is 11.3. The van der Waals surface area contributed by atoms with Gasteiger partial charge in [0.2, 0.25) is 16.0 Å². The molecule has 11 heteroatoms. The van der Waals surface area contributed by atoms with Crippen molar-refractivity contribution in [2.45, 2.75) is 0 Å². The van der Waals surface area contributed by atoms with Crippen LogP contribution >= 0.6 is 0 Å². The molecule has 0 spiro atoms. The minimum absolute atomic E-state index is 0.424. The molecule has 10 nitrogen and oxygen atoms in total. The molecule has 0 aliphatic carbocycles. The lowest BCUT2D eigenvalue weighted by atomic mass is 10.3. The summed E-state index contributed by atoms with van der Waals surface area (Å²) in [6.45, 7) is 0. The van der Waals surface area contributed by atoms with E-state index in [-0.39, 0.29) is 0 Å². The van der Waals surface area contributed by atoms with Crippen LogP contribution in [0.25, 0.3) is 16.7 Å². The minimum Gasteiger partial charge on any atom is -0.321 e. The molecule has 3 heterocycles. The number of nitrogens with zero attached hydrogens (tertiary/aromatic N) is 6. The molecule has 4 rings (SSSR count). The Hall–Kier alpha value is -3.47. The van der Waals surface area contributed by atoms with Crippen molar-refractivity contribution < 1.29 is 8.42 Å². The van der Waals surface area contributed by atoms with Crippen molar-refractivity contribution in [1.82, 2.24) is 29.5 Å². The fourth-order valence-electron chi connectivity index (χ4n) is 2.57. The number of nitrogens with one attached hydrogen (secondary N) is 2. The fraction of sp³-hybridized carbons (Fsp3) is 0.125. The summed E-state index contributed by atoms with van der Waals surface area (Å²) in [7, 11) is -1.49. The predicted molar refractivity (Wildman–Crippen MR) is 102 cm³/mol. The van der Waals surface area contributed by atoms with Crippen LogP contribution in [-0.4, -0.2) is 44.2 Å². The highest BCUT2D eigenvalue weighted by Gasteiger charge is 2.10. The summed E-state index contributed by atoms with van der Waals surface area (Å²) in [5, 5.41) is 12.3. The van der Waals surface area contributed by atoms with Crippen molar-refractivity contribution in [1.29, 1.82) is 0 Å². The van der Waals surface area contributed by atoms with E-state index in [9.17, 15) is 8.42 Å². The molecule has 0 aliphatic heterocycles. The molecule has 0 saturated carbocycles. The van der Waals surface area contributed by atoms with Crippen molar-refractivity contribution in [2.24, 2.45) is 7.05 Å². The Bertz CT molecular complexity index is 1210. The van der Waals surface area contributed by atoms with Crippen LogP contribution in [0.4, 0.5) is 17.3 Å². The van der Waals surface area contributed by atoms with Crippen LogP contribution in [0.1, 0.15) is 0 Å². The van der Waals surface area contributed by atoms with Crippen LogP contribution < -0.4 is 10.0 Å². The zero-order valence-electron chi connectivity index (χ0n) is 14.5. The zero-order chi connectivity index (χ0) is 19.0. The molecule has 0 radical (unpaired) electrons. The van der Waals surface area contributed by atoms with Crippen molar-refractivity contribution in [3.05, 3.63) is 49.1 Å². The van der Waals surface area contributed by atoms with Crippen molar-refractivity contribution in [2.75, 3.05) is 16.3 Å². The van der Waals surface area contributed by atoms with Gasteiger partial charge in [0, 0.05) is 25.1 Å². The van der Waals surface area contributed by atoms with Crippen molar-refractivity contribution >= 4 is 38.4 Å². The highest BCUT2D eigenvalue weighted by Crippen LogP contribution is 2.20. The number of aryl methyl sites for hydroxylation is 1. The first-order chi connectivity index (χ1) is 12.9. The van der Waals surface area contributed by atoms with E-state index in [0.717, 1.165) is 23.0 Å². The third-order valence-corrected chi connectivity index (χ3v) is 4.29. The largest absolute Gasteiger partial charge is 0.321 e. The first kappa shape index (κ1) is 17.0. The second kappa shape index (κ2) is 6.36. The van der Waals surface area contributed by atoms with E-state index in [0.29, 0.717) is 17.3 Å². The molecule has 3 aromatic heterocycles. The van der Waals surface area contributed by atoms with Gasteiger partial charge in [-0.25, -0.2) is 18.1 Å². The van der Waals surface area contributed by atoms with E-state index in [1.165, 1.54) is 0 Å². The minimum atomic E-state index is -3.32. The van der Waals surface area contributed by atoms with Crippen LogP contribution in [0.15, 0.2) is 49.1 Å². The van der Waals surface area contributed by atoms with E-state index in [1.54, 1.807) is 52.2 Å². The lowest BCUT2D eigenvalue weighted by Crippen LogP contribution is -2.09. The molecular weight excluding hydrogens is 368 g/mol. The summed E-state index contributed by atoms with van der Waals surface area (Å²) < 4.78 is 28.4. The molecule has 0 aliphatic rings. The van der Waals surface area contributed by atoms with Crippen molar-refractivity contribution in [3.8, 4) is 5.69 Å². The molecule has 0 bridgehead atoms. The van der Waals surface area contributed by atoms with E-state index < -0.39 is 10.0 Å². The first-order valence-electron chi connectivity index (χ1n) is 7.92. The van der Waals surface area contributed by atoms with Crippen LogP contribution in [0.2, 0.25) is 0 Å². The average Bonchev–Trinajstić information content (AvgIpc) is 3.20. The SMILES string of the molecule is Cn1cc(Nc2ncc3cnn(-c4ccc(NS(C)(=O)=O)cc4)c3n2)cn1. The number of hydrogen-bond acceptors (Lipinski definition) is 7. The highest BCUT2D eigenvalue weighted by molar-refractivity contribution is 7.92.